The zero-order valence-electron chi connectivity index (χ0n) is 10.7. The Balaban J connectivity index is 2.33. The fourth-order valence-electron chi connectivity index (χ4n) is 1.72. The van der Waals surface area contributed by atoms with Crippen molar-refractivity contribution in [1.29, 1.82) is 0 Å². The van der Waals surface area contributed by atoms with Crippen LogP contribution in [0.15, 0.2) is 36.4 Å². The first-order valence-corrected chi connectivity index (χ1v) is 6.60. The molecular formula is C14H11Cl2N3O2. The van der Waals surface area contributed by atoms with Gasteiger partial charge in [0.2, 0.25) is 0 Å². The quantitative estimate of drug-likeness (QED) is 0.757. The Kier molecular flexibility index (Phi) is 4.35. The van der Waals surface area contributed by atoms with Crippen molar-refractivity contribution >= 4 is 46.4 Å². The summed E-state index contributed by atoms with van der Waals surface area (Å²) in [7, 11) is 0. The van der Waals surface area contributed by atoms with Crippen LogP contribution in [0.5, 0.6) is 0 Å². The molecular weight excluding hydrogens is 313 g/mol. The summed E-state index contributed by atoms with van der Waals surface area (Å²) in [6, 6.07) is 9.19. The highest BCUT2D eigenvalue weighted by Gasteiger charge is 2.14. The normalized spacial score (nSPS) is 10.2. The minimum atomic E-state index is -0.640. The summed E-state index contributed by atoms with van der Waals surface area (Å²) in [5.41, 5.74) is 11.8. The van der Waals surface area contributed by atoms with Gasteiger partial charge < -0.3 is 16.8 Å². The number of hydrogen-bond donors (Lipinski definition) is 3. The van der Waals surface area contributed by atoms with E-state index in [0.29, 0.717) is 5.69 Å². The summed E-state index contributed by atoms with van der Waals surface area (Å²) >= 11 is 11.8. The van der Waals surface area contributed by atoms with Crippen LogP contribution >= 0.6 is 23.2 Å². The number of primary amides is 1. The summed E-state index contributed by atoms with van der Waals surface area (Å²) < 4.78 is 0. The molecule has 7 heteroatoms. The van der Waals surface area contributed by atoms with Crippen molar-refractivity contribution in [2.75, 3.05) is 11.1 Å². The Hall–Kier alpha value is -2.24. The molecule has 0 spiro atoms. The highest BCUT2D eigenvalue weighted by atomic mass is 35.5. The number of carbonyl (C=O) groups excluding carboxylic acids is 2. The molecule has 0 unspecified atom stereocenters. The van der Waals surface area contributed by atoms with E-state index in [-0.39, 0.29) is 26.9 Å². The number of amides is 2. The molecule has 0 saturated heterocycles. The second-order valence-corrected chi connectivity index (χ2v) is 5.03. The van der Waals surface area contributed by atoms with Gasteiger partial charge in [0.25, 0.3) is 11.8 Å². The van der Waals surface area contributed by atoms with Crippen LogP contribution in [0.3, 0.4) is 0 Å². The molecule has 2 aromatic rings. The van der Waals surface area contributed by atoms with Gasteiger partial charge in [-0.3, -0.25) is 9.59 Å². The van der Waals surface area contributed by atoms with Gasteiger partial charge in [-0.05, 0) is 24.3 Å². The fraction of sp³-hybridized carbons (Fsp3) is 0. The van der Waals surface area contributed by atoms with E-state index in [1.54, 1.807) is 18.2 Å². The number of hydrogen-bond acceptors (Lipinski definition) is 3. The van der Waals surface area contributed by atoms with E-state index in [0.717, 1.165) is 0 Å². The van der Waals surface area contributed by atoms with Gasteiger partial charge in [-0.15, -0.1) is 0 Å². The molecule has 0 fully saturated rings. The third kappa shape index (κ3) is 3.26. The molecule has 0 aliphatic heterocycles. The Morgan fingerprint density at radius 3 is 2.19 bits per heavy atom. The van der Waals surface area contributed by atoms with Crippen molar-refractivity contribution < 1.29 is 9.59 Å². The van der Waals surface area contributed by atoms with E-state index < -0.39 is 11.8 Å². The van der Waals surface area contributed by atoms with Gasteiger partial charge in [-0.2, -0.15) is 0 Å². The van der Waals surface area contributed by atoms with Crippen molar-refractivity contribution in [3.8, 4) is 0 Å². The lowest BCUT2D eigenvalue weighted by Gasteiger charge is -2.10. The Morgan fingerprint density at radius 2 is 1.62 bits per heavy atom. The third-order valence-electron chi connectivity index (χ3n) is 2.78. The van der Waals surface area contributed by atoms with Crippen molar-refractivity contribution in [2.45, 2.75) is 0 Å². The predicted molar refractivity (Wildman–Crippen MR) is 83.8 cm³/mol. The van der Waals surface area contributed by atoms with Gasteiger partial charge in [0.05, 0.1) is 27.0 Å². The van der Waals surface area contributed by atoms with E-state index in [1.807, 2.05) is 0 Å². The van der Waals surface area contributed by atoms with E-state index in [2.05, 4.69) is 5.32 Å². The Bertz CT molecular complexity index is 709. The molecule has 0 atom stereocenters. The molecule has 5 nitrogen and oxygen atoms in total. The monoisotopic (exact) mass is 323 g/mol. The largest absolute Gasteiger partial charge is 0.396 e. The van der Waals surface area contributed by atoms with E-state index in [4.69, 9.17) is 34.7 Å². The minimum absolute atomic E-state index is 0.177. The number of anilines is 2. The first-order valence-electron chi connectivity index (χ1n) is 5.85. The highest BCUT2D eigenvalue weighted by molar-refractivity contribution is 6.39. The van der Waals surface area contributed by atoms with Crippen molar-refractivity contribution in [3.63, 3.8) is 0 Å². The van der Waals surface area contributed by atoms with Gasteiger partial charge in [-0.1, -0.05) is 35.3 Å². The lowest BCUT2D eigenvalue weighted by Crippen LogP contribution is -2.18. The standard InChI is InChI=1S/C14H11Cl2N3O2/c15-9-5-7(6-10(16)12(9)17)14(21)19-11-4-2-1-3-8(11)13(18)20/h1-6H,17H2,(H2,18,20)(H,19,21). The maximum atomic E-state index is 12.2. The summed E-state index contributed by atoms with van der Waals surface area (Å²) in [5.74, 6) is -1.12. The van der Waals surface area contributed by atoms with Crippen LogP contribution in [0.1, 0.15) is 20.7 Å². The number of carbonyl (C=O) groups is 2. The lowest BCUT2D eigenvalue weighted by molar-refractivity contribution is 0.100. The summed E-state index contributed by atoms with van der Waals surface area (Å²) in [5, 5.41) is 2.94. The van der Waals surface area contributed by atoms with E-state index in [9.17, 15) is 9.59 Å². The van der Waals surface area contributed by atoms with Crippen molar-refractivity contribution in [2.24, 2.45) is 5.73 Å². The number of halogens is 2. The maximum Gasteiger partial charge on any atom is 0.255 e. The van der Waals surface area contributed by atoms with Gasteiger partial charge in [0.1, 0.15) is 0 Å². The number of para-hydroxylation sites is 1. The second kappa shape index (κ2) is 6.03. The fourth-order valence-corrected chi connectivity index (χ4v) is 2.20. The lowest BCUT2D eigenvalue weighted by atomic mass is 10.1. The first-order chi connectivity index (χ1) is 9.90. The number of nitrogens with one attached hydrogen (secondary N) is 1. The summed E-state index contributed by atoms with van der Waals surface area (Å²) in [6.45, 7) is 0. The summed E-state index contributed by atoms with van der Waals surface area (Å²) in [4.78, 5) is 23.5. The average Bonchev–Trinajstić information content (AvgIpc) is 2.44. The summed E-state index contributed by atoms with van der Waals surface area (Å²) in [6.07, 6.45) is 0. The number of nitrogens with two attached hydrogens (primary N) is 2. The van der Waals surface area contributed by atoms with Gasteiger partial charge in [0, 0.05) is 5.56 Å². The van der Waals surface area contributed by atoms with Crippen LogP contribution in [-0.2, 0) is 0 Å². The smallest absolute Gasteiger partial charge is 0.255 e. The van der Waals surface area contributed by atoms with Gasteiger partial charge in [-0.25, -0.2) is 0 Å². The van der Waals surface area contributed by atoms with Crippen LogP contribution in [0.25, 0.3) is 0 Å². The third-order valence-corrected chi connectivity index (χ3v) is 3.41. The topological polar surface area (TPSA) is 98.2 Å². The SMILES string of the molecule is NC(=O)c1ccccc1NC(=O)c1cc(Cl)c(N)c(Cl)c1. The van der Waals surface area contributed by atoms with Crippen LogP contribution < -0.4 is 16.8 Å². The van der Waals surface area contributed by atoms with Gasteiger partial charge in [0.15, 0.2) is 0 Å². The molecule has 0 bridgehead atoms. The van der Waals surface area contributed by atoms with E-state index in [1.165, 1.54) is 18.2 Å². The predicted octanol–water partition coefficient (Wildman–Crippen LogP) is 2.93. The van der Waals surface area contributed by atoms with Crippen LogP contribution in [0.4, 0.5) is 11.4 Å². The minimum Gasteiger partial charge on any atom is -0.396 e. The number of rotatable bonds is 3. The number of benzene rings is 2. The van der Waals surface area contributed by atoms with Crippen LogP contribution in [0, 0.1) is 0 Å². The molecule has 0 saturated carbocycles. The van der Waals surface area contributed by atoms with Gasteiger partial charge >= 0.3 is 0 Å². The van der Waals surface area contributed by atoms with Crippen molar-refractivity contribution in [1.82, 2.24) is 0 Å². The molecule has 2 aromatic carbocycles. The highest BCUT2D eigenvalue weighted by Crippen LogP contribution is 2.29. The molecule has 5 N–H and O–H groups in total. The molecule has 108 valence electrons. The van der Waals surface area contributed by atoms with Crippen LogP contribution in [0.2, 0.25) is 10.0 Å². The average molecular weight is 324 g/mol. The molecule has 21 heavy (non-hydrogen) atoms. The van der Waals surface area contributed by atoms with Crippen LogP contribution in [-0.4, -0.2) is 11.8 Å². The molecule has 0 aliphatic carbocycles. The first kappa shape index (κ1) is 15.2. The molecule has 2 amide bonds. The van der Waals surface area contributed by atoms with Crippen molar-refractivity contribution in [3.05, 3.63) is 57.6 Å². The molecule has 0 heterocycles. The molecule has 0 aliphatic rings. The molecule has 0 aromatic heterocycles. The maximum absolute atomic E-state index is 12.2. The molecule has 0 radical (unpaired) electrons. The van der Waals surface area contributed by atoms with E-state index >= 15 is 0 Å². The zero-order valence-corrected chi connectivity index (χ0v) is 12.2. The Labute approximate surface area is 130 Å². The molecule has 2 rings (SSSR count). The second-order valence-electron chi connectivity index (χ2n) is 4.22. The number of nitrogen functional groups attached to an aromatic ring is 1. The zero-order chi connectivity index (χ0) is 15.6. The Morgan fingerprint density at radius 1 is 1.05 bits per heavy atom.